The van der Waals surface area contributed by atoms with Crippen molar-refractivity contribution in [1.29, 1.82) is 0 Å². The largest absolute Gasteiger partial charge is 0.356 e. The third-order valence-corrected chi connectivity index (χ3v) is 4.30. The molecule has 1 atom stereocenters. The average Bonchev–Trinajstić information content (AvgIpc) is 3.06. The zero-order chi connectivity index (χ0) is 18.5. The molecule has 2 N–H and O–H groups in total. The van der Waals surface area contributed by atoms with E-state index in [0.29, 0.717) is 24.5 Å². The Hall–Kier alpha value is -2.96. The van der Waals surface area contributed by atoms with Crippen molar-refractivity contribution < 1.29 is 4.39 Å². The first-order valence-corrected chi connectivity index (χ1v) is 8.60. The van der Waals surface area contributed by atoms with Crippen molar-refractivity contribution in [2.45, 2.75) is 26.3 Å². The van der Waals surface area contributed by atoms with Crippen LogP contribution in [0.1, 0.15) is 29.9 Å². The third-order valence-electron chi connectivity index (χ3n) is 4.30. The van der Waals surface area contributed by atoms with Gasteiger partial charge in [0.2, 0.25) is 0 Å². The first-order chi connectivity index (χ1) is 12.6. The minimum Gasteiger partial charge on any atom is -0.356 e. The predicted octanol–water partition coefficient (Wildman–Crippen LogP) is 2.65. The minimum atomic E-state index is -0.196. The van der Waals surface area contributed by atoms with Gasteiger partial charge in [-0.2, -0.15) is 0 Å². The van der Waals surface area contributed by atoms with Gasteiger partial charge < -0.3 is 10.6 Å². The first-order valence-electron chi connectivity index (χ1n) is 8.60. The zero-order valence-electron chi connectivity index (χ0n) is 15.2. The van der Waals surface area contributed by atoms with E-state index < -0.39 is 0 Å². The van der Waals surface area contributed by atoms with Gasteiger partial charge in [0.15, 0.2) is 11.6 Å². The molecule has 3 rings (SSSR count). The van der Waals surface area contributed by atoms with Crippen molar-refractivity contribution >= 4 is 11.6 Å². The monoisotopic (exact) mass is 354 g/mol. The van der Waals surface area contributed by atoms with Crippen LogP contribution in [0.4, 0.5) is 4.39 Å². The number of nitrogens with zero attached hydrogens (tertiary/aromatic N) is 4. The summed E-state index contributed by atoms with van der Waals surface area (Å²) in [6, 6.07) is 11.0. The quantitative estimate of drug-likeness (QED) is 0.546. The molecule has 0 bridgehead atoms. The van der Waals surface area contributed by atoms with Crippen LogP contribution in [0, 0.1) is 12.7 Å². The van der Waals surface area contributed by atoms with Crippen molar-refractivity contribution in [3.63, 3.8) is 0 Å². The van der Waals surface area contributed by atoms with E-state index in [4.69, 9.17) is 0 Å². The number of halogens is 1. The number of hydrogen-bond donors (Lipinski definition) is 2. The van der Waals surface area contributed by atoms with Gasteiger partial charge in [0.1, 0.15) is 11.6 Å². The number of fused-ring (bicyclic) bond motifs is 1. The number of aromatic nitrogens is 3. The number of nitrogens with one attached hydrogen (secondary N) is 2. The van der Waals surface area contributed by atoms with Crippen molar-refractivity contribution in [2.75, 3.05) is 13.6 Å². The topological polar surface area (TPSA) is 66.6 Å². The molecule has 6 nitrogen and oxygen atoms in total. The van der Waals surface area contributed by atoms with Crippen molar-refractivity contribution in [2.24, 2.45) is 4.99 Å². The molecule has 0 saturated carbocycles. The van der Waals surface area contributed by atoms with E-state index in [1.807, 2.05) is 41.8 Å². The van der Waals surface area contributed by atoms with Gasteiger partial charge in [-0.25, -0.2) is 4.39 Å². The van der Waals surface area contributed by atoms with E-state index in [2.05, 4.69) is 25.8 Å². The molecule has 2 heterocycles. The SMILES string of the molecule is CN=C(NCCc1nnc2ccccn12)NC(C)c1ccc(C)c(F)c1. The molecule has 0 radical (unpaired) electrons. The number of benzene rings is 1. The van der Waals surface area contributed by atoms with Crippen molar-refractivity contribution in [1.82, 2.24) is 25.2 Å². The number of aryl methyl sites for hydroxylation is 1. The van der Waals surface area contributed by atoms with E-state index >= 15 is 0 Å². The van der Waals surface area contributed by atoms with Crippen LogP contribution in [0.15, 0.2) is 47.6 Å². The molecule has 7 heteroatoms. The summed E-state index contributed by atoms with van der Waals surface area (Å²) in [5.41, 5.74) is 2.35. The van der Waals surface area contributed by atoms with Crippen LogP contribution in [0.5, 0.6) is 0 Å². The van der Waals surface area contributed by atoms with E-state index in [0.717, 1.165) is 17.0 Å². The molecule has 0 saturated heterocycles. The Kier molecular flexibility index (Phi) is 5.46. The summed E-state index contributed by atoms with van der Waals surface area (Å²) in [4.78, 5) is 4.23. The molecule has 26 heavy (non-hydrogen) atoms. The van der Waals surface area contributed by atoms with E-state index in [1.54, 1.807) is 26.1 Å². The van der Waals surface area contributed by atoms with E-state index in [-0.39, 0.29) is 11.9 Å². The predicted molar refractivity (Wildman–Crippen MR) is 101 cm³/mol. The van der Waals surface area contributed by atoms with Gasteiger partial charge in [0.05, 0.1) is 6.04 Å². The van der Waals surface area contributed by atoms with Gasteiger partial charge in [0, 0.05) is 26.2 Å². The lowest BCUT2D eigenvalue weighted by Gasteiger charge is -2.18. The number of hydrogen-bond acceptors (Lipinski definition) is 3. The summed E-state index contributed by atoms with van der Waals surface area (Å²) >= 11 is 0. The zero-order valence-corrected chi connectivity index (χ0v) is 15.2. The standard InChI is InChI=1S/C19H23FN6/c1-13-7-8-15(12-16(13)20)14(2)23-19(21-3)22-10-9-18-25-24-17-6-4-5-11-26(17)18/h4-8,11-12,14H,9-10H2,1-3H3,(H2,21,22,23). The molecule has 0 amide bonds. The first kappa shape index (κ1) is 17.8. The third kappa shape index (κ3) is 3.99. The summed E-state index contributed by atoms with van der Waals surface area (Å²) in [7, 11) is 1.71. The summed E-state index contributed by atoms with van der Waals surface area (Å²) in [6.45, 7) is 4.39. The number of aliphatic imine (C=N–C) groups is 1. The second-order valence-electron chi connectivity index (χ2n) is 6.17. The van der Waals surface area contributed by atoms with Crippen LogP contribution in [0.2, 0.25) is 0 Å². The van der Waals surface area contributed by atoms with E-state index in [9.17, 15) is 4.39 Å². The number of pyridine rings is 1. The van der Waals surface area contributed by atoms with Crippen LogP contribution in [0.3, 0.4) is 0 Å². The fourth-order valence-corrected chi connectivity index (χ4v) is 2.72. The van der Waals surface area contributed by atoms with Crippen LogP contribution in [0.25, 0.3) is 5.65 Å². The summed E-state index contributed by atoms with van der Waals surface area (Å²) < 4.78 is 15.7. The van der Waals surface area contributed by atoms with Gasteiger partial charge in [-0.3, -0.25) is 9.39 Å². The Labute approximate surface area is 152 Å². The molecule has 1 aromatic carbocycles. The summed E-state index contributed by atoms with van der Waals surface area (Å²) in [5.74, 6) is 1.35. The molecule has 0 aliphatic rings. The minimum absolute atomic E-state index is 0.0646. The van der Waals surface area contributed by atoms with Gasteiger partial charge in [0.25, 0.3) is 0 Å². The molecular formula is C19H23FN6. The Morgan fingerprint density at radius 3 is 2.88 bits per heavy atom. The maximum Gasteiger partial charge on any atom is 0.191 e. The Morgan fingerprint density at radius 2 is 2.12 bits per heavy atom. The van der Waals surface area contributed by atoms with Gasteiger partial charge >= 0.3 is 0 Å². The van der Waals surface area contributed by atoms with Crippen molar-refractivity contribution in [3.8, 4) is 0 Å². The highest BCUT2D eigenvalue weighted by Gasteiger charge is 2.10. The highest BCUT2D eigenvalue weighted by atomic mass is 19.1. The fraction of sp³-hybridized carbons (Fsp3) is 0.316. The lowest BCUT2D eigenvalue weighted by molar-refractivity contribution is 0.607. The molecular weight excluding hydrogens is 331 g/mol. The fourth-order valence-electron chi connectivity index (χ4n) is 2.72. The molecule has 136 valence electrons. The highest BCUT2D eigenvalue weighted by molar-refractivity contribution is 5.80. The number of rotatable bonds is 5. The van der Waals surface area contributed by atoms with Gasteiger partial charge in [-0.1, -0.05) is 18.2 Å². The smallest absolute Gasteiger partial charge is 0.191 e. The highest BCUT2D eigenvalue weighted by Crippen LogP contribution is 2.16. The van der Waals surface area contributed by atoms with Gasteiger partial charge in [-0.05, 0) is 43.2 Å². The van der Waals surface area contributed by atoms with Crippen molar-refractivity contribution in [3.05, 3.63) is 65.4 Å². The van der Waals surface area contributed by atoms with Gasteiger partial charge in [-0.15, -0.1) is 10.2 Å². The lowest BCUT2D eigenvalue weighted by Crippen LogP contribution is -2.39. The molecule has 0 fully saturated rings. The summed E-state index contributed by atoms with van der Waals surface area (Å²) in [5, 5.41) is 14.9. The van der Waals surface area contributed by atoms with Crippen LogP contribution in [-0.4, -0.2) is 34.2 Å². The maximum atomic E-state index is 13.8. The molecule has 1 unspecified atom stereocenters. The number of guanidine groups is 1. The average molecular weight is 354 g/mol. The second kappa shape index (κ2) is 7.95. The van der Waals surface area contributed by atoms with Crippen LogP contribution in [-0.2, 0) is 6.42 Å². The normalized spacial score (nSPS) is 13.0. The Morgan fingerprint density at radius 1 is 1.27 bits per heavy atom. The molecule has 2 aromatic heterocycles. The maximum absolute atomic E-state index is 13.8. The summed E-state index contributed by atoms with van der Waals surface area (Å²) in [6.07, 6.45) is 2.66. The van der Waals surface area contributed by atoms with Crippen LogP contribution < -0.4 is 10.6 Å². The molecule has 0 aliphatic heterocycles. The van der Waals surface area contributed by atoms with Crippen LogP contribution >= 0.6 is 0 Å². The second-order valence-corrected chi connectivity index (χ2v) is 6.17. The molecule has 0 aliphatic carbocycles. The lowest BCUT2D eigenvalue weighted by atomic mass is 10.1. The van der Waals surface area contributed by atoms with E-state index in [1.165, 1.54) is 0 Å². The molecule has 0 spiro atoms. The molecule has 3 aromatic rings. The Bertz CT molecular complexity index is 917. The Balaban J connectivity index is 1.57.